The number of hydrogen-bond acceptors (Lipinski definition) is 3. The van der Waals surface area contributed by atoms with Gasteiger partial charge >= 0.3 is 5.97 Å². The summed E-state index contributed by atoms with van der Waals surface area (Å²) in [6, 6.07) is 0. The van der Waals surface area contributed by atoms with Crippen LogP contribution in [0.3, 0.4) is 0 Å². The summed E-state index contributed by atoms with van der Waals surface area (Å²) in [6.07, 6.45) is 3.11. The minimum atomic E-state index is -0.794. The van der Waals surface area contributed by atoms with Crippen LogP contribution in [0, 0.1) is 0 Å². The molecule has 1 aliphatic rings. The molecule has 1 heterocycles. The van der Waals surface area contributed by atoms with Gasteiger partial charge in [-0.15, -0.1) is 0 Å². The second kappa shape index (κ2) is 5.84. The van der Waals surface area contributed by atoms with Crippen LogP contribution in [-0.2, 0) is 14.3 Å². The zero-order valence-corrected chi connectivity index (χ0v) is 9.62. The molecule has 1 unspecified atom stereocenters. The molecule has 0 aromatic carbocycles. The summed E-state index contributed by atoms with van der Waals surface area (Å²) in [7, 11) is 0. The molecule has 0 bridgehead atoms. The molecule has 0 aromatic rings. The molecule has 0 radical (unpaired) electrons. The van der Waals surface area contributed by atoms with Gasteiger partial charge in [0.05, 0.1) is 0 Å². The average Bonchev–Trinajstić information content (AvgIpc) is 2.65. The van der Waals surface area contributed by atoms with Gasteiger partial charge in [0.25, 0.3) is 5.91 Å². The highest BCUT2D eigenvalue weighted by atomic mass is 16.5. The number of rotatable bonds is 6. The first kappa shape index (κ1) is 13.0. The molecule has 2 N–H and O–H groups in total. The van der Waals surface area contributed by atoms with E-state index in [1.807, 2.05) is 0 Å². The number of hydrogen-bond donors (Lipinski definition) is 2. The van der Waals surface area contributed by atoms with Gasteiger partial charge in [-0.2, -0.15) is 0 Å². The molecule has 1 atom stereocenters. The Morgan fingerprint density at radius 2 is 2.19 bits per heavy atom. The van der Waals surface area contributed by atoms with Gasteiger partial charge in [-0.1, -0.05) is 0 Å². The number of carboxylic acids is 1. The lowest BCUT2D eigenvalue weighted by atomic mass is 10.0. The molecule has 0 aromatic heterocycles. The third-order valence-electron chi connectivity index (χ3n) is 2.80. The highest BCUT2D eigenvalue weighted by Crippen LogP contribution is 2.24. The molecular formula is C11H19NO4. The number of carboxylic acid groups (broad SMARTS) is 1. The van der Waals surface area contributed by atoms with Crippen LogP contribution >= 0.6 is 0 Å². The van der Waals surface area contributed by atoms with Crippen LogP contribution < -0.4 is 5.32 Å². The Morgan fingerprint density at radius 1 is 1.44 bits per heavy atom. The summed E-state index contributed by atoms with van der Waals surface area (Å²) in [5, 5.41) is 11.2. The number of carbonyl (C=O) groups is 2. The van der Waals surface area contributed by atoms with Gasteiger partial charge in [0.2, 0.25) is 0 Å². The number of aliphatic carboxylic acids is 1. The fourth-order valence-electron chi connectivity index (χ4n) is 1.75. The SMILES string of the molecule is CC1(C(=O)NCCCCC(=O)O)CCCO1. The molecule has 1 saturated heterocycles. The molecule has 5 heteroatoms. The molecular weight excluding hydrogens is 210 g/mol. The first-order valence-electron chi connectivity index (χ1n) is 5.69. The number of nitrogens with one attached hydrogen (secondary N) is 1. The Kier molecular flexibility index (Phi) is 4.73. The molecule has 1 fully saturated rings. The maximum atomic E-state index is 11.7. The summed E-state index contributed by atoms with van der Waals surface area (Å²) in [6.45, 7) is 2.96. The van der Waals surface area contributed by atoms with E-state index in [9.17, 15) is 9.59 Å². The van der Waals surface area contributed by atoms with Crippen molar-refractivity contribution in [3.8, 4) is 0 Å². The topological polar surface area (TPSA) is 75.6 Å². The Balaban J connectivity index is 2.13. The van der Waals surface area contributed by atoms with E-state index in [4.69, 9.17) is 9.84 Å². The van der Waals surface area contributed by atoms with Crippen molar-refractivity contribution < 1.29 is 19.4 Å². The van der Waals surface area contributed by atoms with E-state index in [-0.39, 0.29) is 12.3 Å². The van der Waals surface area contributed by atoms with E-state index in [1.165, 1.54) is 0 Å². The number of ether oxygens (including phenoxy) is 1. The van der Waals surface area contributed by atoms with E-state index in [2.05, 4.69) is 5.32 Å². The van der Waals surface area contributed by atoms with Crippen LogP contribution in [0.4, 0.5) is 0 Å². The van der Waals surface area contributed by atoms with Crippen LogP contribution in [0.5, 0.6) is 0 Å². The van der Waals surface area contributed by atoms with Crippen molar-refractivity contribution in [3.05, 3.63) is 0 Å². The lowest BCUT2D eigenvalue weighted by Crippen LogP contribution is -2.44. The molecule has 5 nitrogen and oxygen atoms in total. The van der Waals surface area contributed by atoms with Crippen molar-refractivity contribution in [1.29, 1.82) is 0 Å². The average molecular weight is 229 g/mol. The standard InChI is InChI=1S/C11H19NO4/c1-11(6-4-8-16-11)10(15)12-7-3-2-5-9(13)14/h2-8H2,1H3,(H,12,15)(H,13,14). The van der Waals surface area contributed by atoms with Gasteiger partial charge in [0.1, 0.15) is 5.60 Å². The number of carbonyl (C=O) groups excluding carboxylic acids is 1. The van der Waals surface area contributed by atoms with E-state index in [1.54, 1.807) is 6.92 Å². The second-order valence-corrected chi connectivity index (χ2v) is 4.29. The predicted octanol–water partition coefficient (Wildman–Crippen LogP) is 0.927. The first-order chi connectivity index (χ1) is 7.54. The Bertz CT molecular complexity index is 259. The van der Waals surface area contributed by atoms with Crippen molar-refractivity contribution in [2.24, 2.45) is 0 Å². The summed E-state index contributed by atoms with van der Waals surface area (Å²) in [5.74, 6) is -0.877. The molecule has 1 aliphatic heterocycles. The maximum Gasteiger partial charge on any atom is 0.303 e. The fraction of sp³-hybridized carbons (Fsp3) is 0.818. The van der Waals surface area contributed by atoms with E-state index >= 15 is 0 Å². The van der Waals surface area contributed by atoms with Crippen LogP contribution in [0.1, 0.15) is 39.0 Å². The van der Waals surface area contributed by atoms with Crippen molar-refractivity contribution in [2.75, 3.05) is 13.2 Å². The van der Waals surface area contributed by atoms with E-state index in [0.717, 1.165) is 12.8 Å². The van der Waals surface area contributed by atoms with Gasteiger partial charge in [-0.25, -0.2) is 0 Å². The van der Waals surface area contributed by atoms with Crippen LogP contribution in [0.2, 0.25) is 0 Å². The minimum Gasteiger partial charge on any atom is -0.481 e. The summed E-state index contributed by atoms with van der Waals surface area (Å²) in [4.78, 5) is 22.0. The van der Waals surface area contributed by atoms with Crippen LogP contribution in [0.25, 0.3) is 0 Å². The normalized spacial score (nSPS) is 24.3. The molecule has 0 aliphatic carbocycles. The lowest BCUT2D eigenvalue weighted by molar-refractivity contribution is -0.139. The minimum absolute atomic E-state index is 0.0830. The lowest BCUT2D eigenvalue weighted by Gasteiger charge is -2.21. The Hall–Kier alpha value is -1.10. The molecule has 0 spiro atoms. The third-order valence-corrected chi connectivity index (χ3v) is 2.80. The number of unbranched alkanes of at least 4 members (excludes halogenated alkanes) is 1. The number of amides is 1. The van der Waals surface area contributed by atoms with Gasteiger partial charge in [0, 0.05) is 19.6 Å². The first-order valence-corrected chi connectivity index (χ1v) is 5.69. The largest absolute Gasteiger partial charge is 0.481 e. The van der Waals surface area contributed by atoms with Crippen molar-refractivity contribution in [1.82, 2.24) is 5.32 Å². The van der Waals surface area contributed by atoms with Crippen LogP contribution in [-0.4, -0.2) is 35.7 Å². The molecule has 1 rings (SSSR count). The quantitative estimate of drug-likeness (QED) is 0.664. The van der Waals surface area contributed by atoms with Crippen LogP contribution in [0.15, 0.2) is 0 Å². The fourth-order valence-corrected chi connectivity index (χ4v) is 1.75. The highest BCUT2D eigenvalue weighted by Gasteiger charge is 2.37. The van der Waals surface area contributed by atoms with Crippen molar-refractivity contribution in [3.63, 3.8) is 0 Å². The van der Waals surface area contributed by atoms with Gasteiger partial charge in [0.15, 0.2) is 0 Å². The van der Waals surface area contributed by atoms with Gasteiger partial charge in [-0.3, -0.25) is 9.59 Å². The van der Waals surface area contributed by atoms with Gasteiger partial charge in [-0.05, 0) is 32.6 Å². The van der Waals surface area contributed by atoms with E-state index in [0.29, 0.717) is 26.0 Å². The van der Waals surface area contributed by atoms with Gasteiger partial charge < -0.3 is 15.2 Å². The summed E-state index contributed by atoms with van der Waals surface area (Å²) >= 11 is 0. The molecule has 16 heavy (non-hydrogen) atoms. The second-order valence-electron chi connectivity index (χ2n) is 4.29. The summed E-state index contributed by atoms with van der Waals surface area (Å²) < 4.78 is 5.39. The smallest absolute Gasteiger partial charge is 0.303 e. The maximum absolute atomic E-state index is 11.7. The Morgan fingerprint density at radius 3 is 2.75 bits per heavy atom. The van der Waals surface area contributed by atoms with Crippen molar-refractivity contribution in [2.45, 2.75) is 44.6 Å². The highest BCUT2D eigenvalue weighted by molar-refractivity contribution is 5.84. The Labute approximate surface area is 95.2 Å². The van der Waals surface area contributed by atoms with Crippen molar-refractivity contribution >= 4 is 11.9 Å². The van der Waals surface area contributed by atoms with E-state index < -0.39 is 11.6 Å². The molecule has 1 amide bonds. The molecule has 0 saturated carbocycles. The monoisotopic (exact) mass is 229 g/mol. The predicted molar refractivity (Wildman–Crippen MR) is 58.1 cm³/mol. The molecule has 92 valence electrons. The zero-order valence-electron chi connectivity index (χ0n) is 9.62. The third kappa shape index (κ3) is 3.81. The summed E-state index contributed by atoms with van der Waals surface area (Å²) in [5.41, 5.74) is -0.674. The zero-order chi connectivity index (χ0) is 12.0.